The average molecular weight is 512 g/mol. The van der Waals surface area contributed by atoms with Gasteiger partial charge in [-0.15, -0.1) is 30.4 Å². The number of aliphatic imine (C=N–C) groups is 1. The summed E-state index contributed by atoms with van der Waals surface area (Å²) in [5.41, 5.74) is 1.66. The number of hydrogen-bond donors (Lipinski definition) is 3. The van der Waals surface area contributed by atoms with Gasteiger partial charge in [0.05, 0.1) is 0 Å². The molecule has 1 aliphatic rings. The molecule has 1 saturated carbocycles. The largest absolute Gasteiger partial charge is 0.385 e. The maximum absolute atomic E-state index is 12.2. The number of ether oxygens (including phenoxy) is 1. The molecule has 7 heteroatoms. The molecule has 1 aliphatic carbocycles. The van der Waals surface area contributed by atoms with E-state index >= 15 is 0 Å². The van der Waals surface area contributed by atoms with E-state index in [-0.39, 0.29) is 41.8 Å². The Labute approximate surface area is 191 Å². The first kappa shape index (κ1) is 25.2. The quantitative estimate of drug-likeness (QED) is 0.205. The number of rotatable bonds is 9. The van der Waals surface area contributed by atoms with Crippen molar-refractivity contribution in [1.29, 1.82) is 0 Å². The maximum Gasteiger partial charge on any atom is 0.246 e. The summed E-state index contributed by atoms with van der Waals surface area (Å²) in [7, 11) is 1.75. The Morgan fingerprint density at radius 2 is 2.07 bits per heavy atom. The van der Waals surface area contributed by atoms with Gasteiger partial charge in [0.1, 0.15) is 6.54 Å². The zero-order chi connectivity index (χ0) is 20.2. The fourth-order valence-corrected chi connectivity index (χ4v) is 3.61. The molecule has 3 N–H and O–H groups in total. The van der Waals surface area contributed by atoms with E-state index < -0.39 is 0 Å². The van der Waals surface area contributed by atoms with E-state index in [1.807, 2.05) is 25.1 Å². The number of carbonyl (C=O) groups is 1. The first-order chi connectivity index (χ1) is 13.6. The Morgan fingerprint density at radius 1 is 1.31 bits per heavy atom. The molecule has 0 heterocycles. The number of guanidine groups is 1. The fraction of sp³-hybridized carbons (Fsp3) is 0.545. The van der Waals surface area contributed by atoms with Crippen LogP contribution in [0.25, 0.3) is 0 Å². The lowest BCUT2D eigenvalue weighted by molar-refractivity contribution is -0.114. The summed E-state index contributed by atoms with van der Waals surface area (Å²) in [6.07, 6.45) is 11.4. The van der Waals surface area contributed by atoms with Crippen LogP contribution >= 0.6 is 24.0 Å². The highest BCUT2D eigenvalue weighted by Crippen LogP contribution is 2.40. The van der Waals surface area contributed by atoms with Gasteiger partial charge in [0.2, 0.25) is 5.91 Å². The third-order valence-corrected chi connectivity index (χ3v) is 5.17. The highest BCUT2D eigenvalue weighted by Gasteiger charge is 2.33. The first-order valence-corrected chi connectivity index (χ1v) is 9.98. The molecule has 0 saturated heterocycles. The lowest BCUT2D eigenvalue weighted by atomic mass is 9.83. The van der Waals surface area contributed by atoms with Crippen LogP contribution in [0.15, 0.2) is 29.3 Å². The van der Waals surface area contributed by atoms with Gasteiger partial charge >= 0.3 is 0 Å². The predicted octanol–water partition coefficient (Wildman–Crippen LogP) is 3.38. The Bertz CT molecular complexity index is 709. The van der Waals surface area contributed by atoms with Crippen LogP contribution in [0.5, 0.6) is 0 Å². The predicted molar refractivity (Wildman–Crippen MR) is 130 cm³/mol. The monoisotopic (exact) mass is 512 g/mol. The highest BCUT2D eigenvalue weighted by molar-refractivity contribution is 14.0. The number of amides is 1. The smallest absolute Gasteiger partial charge is 0.246 e. The number of anilines is 1. The third-order valence-electron chi connectivity index (χ3n) is 5.17. The van der Waals surface area contributed by atoms with Crippen LogP contribution in [0.2, 0.25) is 0 Å². The molecule has 0 atom stereocenters. The van der Waals surface area contributed by atoms with Gasteiger partial charge in [0.15, 0.2) is 5.96 Å². The number of terminal acetylenes is 1. The number of methoxy groups -OCH3 is 1. The summed E-state index contributed by atoms with van der Waals surface area (Å²) in [5.74, 6) is 3.05. The van der Waals surface area contributed by atoms with Crippen molar-refractivity contribution in [2.24, 2.45) is 10.4 Å². The lowest BCUT2D eigenvalue weighted by Gasteiger charge is -2.29. The van der Waals surface area contributed by atoms with Gasteiger partial charge in [-0.2, -0.15) is 0 Å². The third kappa shape index (κ3) is 8.62. The number of nitrogens with zero attached hydrogens (tertiary/aromatic N) is 1. The van der Waals surface area contributed by atoms with Crippen molar-refractivity contribution < 1.29 is 9.53 Å². The summed E-state index contributed by atoms with van der Waals surface area (Å²) in [6.45, 7) is 4.41. The van der Waals surface area contributed by atoms with Crippen molar-refractivity contribution in [3.05, 3.63) is 29.8 Å². The van der Waals surface area contributed by atoms with Crippen molar-refractivity contribution in [2.75, 3.05) is 38.7 Å². The van der Waals surface area contributed by atoms with Gasteiger partial charge in [-0.1, -0.05) is 24.8 Å². The molecule has 0 aliphatic heterocycles. The Kier molecular flexibility index (Phi) is 11.7. The molecule has 1 fully saturated rings. The molecule has 1 aromatic carbocycles. The number of halogens is 1. The van der Waals surface area contributed by atoms with E-state index in [4.69, 9.17) is 11.2 Å². The van der Waals surface area contributed by atoms with E-state index in [1.165, 1.54) is 25.7 Å². The Balaban J connectivity index is 0.00000420. The van der Waals surface area contributed by atoms with Crippen molar-refractivity contribution in [2.45, 2.75) is 39.0 Å². The molecule has 1 aromatic rings. The van der Waals surface area contributed by atoms with Gasteiger partial charge in [0.25, 0.3) is 0 Å². The summed E-state index contributed by atoms with van der Waals surface area (Å²) in [4.78, 5) is 16.7. The van der Waals surface area contributed by atoms with E-state index in [2.05, 4.69) is 26.9 Å². The summed E-state index contributed by atoms with van der Waals surface area (Å²) in [5, 5.41) is 9.48. The van der Waals surface area contributed by atoms with E-state index in [0.717, 1.165) is 31.7 Å². The molecule has 0 unspecified atom stereocenters. The van der Waals surface area contributed by atoms with Gasteiger partial charge in [-0.05, 0) is 49.8 Å². The van der Waals surface area contributed by atoms with E-state index in [0.29, 0.717) is 11.6 Å². The highest BCUT2D eigenvalue weighted by atomic mass is 127. The van der Waals surface area contributed by atoms with Crippen LogP contribution in [0.3, 0.4) is 0 Å². The minimum absolute atomic E-state index is 0. The number of carbonyl (C=O) groups excluding carboxylic acids is 1. The van der Waals surface area contributed by atoms with Crippen LogP contribution in [-0.2, 0) is 9.53 Å². The minimum atomic E-state index is -0.179. The zero-order valence-electron chi connectivity index (χ0n) is 17.4. The molecule has 0 spiro atoms. The topological polar surface area (TPSA) is 74.8 Å². The number of hydrogen-bond acceptors (Lipinski definition) is 3. The summed E-state index contributed by atoms with van der Waals surface area (Å²) < 4.78 is 5.30. The maximum atomic E-state index is 12.2. The van der Waals surface area contributed by atoms with Crippen LogP contribution in [0.1, 0.15) is 44.6 Å². The van der Waals surface area contributed by atoms with Gasteiger partial charge in [-0.3, -0.25) is 4.79 Å². The Morgan fingerprint density at radius 3 is 2.72 bits per heavy atom. The van der Waals surface area contributed by atoms with Gasteiger partial charge in [0, 0.05) is 38.1 Å². The van der Waals surface area contributed by atoms with E-state index in [1.54, 1.807) is 13.2 Å². The van der Waals surface area contributed by atoms with Crippen molar-refractivity contribution in [3.8, 4) is 12.3 Å². The van der Waals surface area contributed by atoms with Crippen molar-refractivity contribution in [1.82, 2.24) is 10.6 Å². The van der Waals surface area contributed by atoms with Gasteiger partial charge in [-0.25, -0.2) is 4.99 Å². The van der Waals surface area contributed by atoms with Crippen molar-refractivity contribution in [3.63, 3.8) is 0 Å². The normalized spacial score (nSPS) is 15.1. The standard InChI is InChI=1S/C22H32N4O2.HI/c1-4-18-9-8-10-19(15-18)26-20(27)16-24-21(23-5-2)25-17-22(13-14-28-3)11-6-7-12-22;/h1,8-10,15H,5-7,11-14,16-17H2,2-3H3,(H,26,27)(H2,23,24,25);1H. The number of benzene rings is 1. The molecular formula is C22H33IN4O2. The molecule has 160 valence electrons. The van der Waals surface area contributed by atoms with Crippen LogP contribution in [0, 0.1) is 17.8 Å². The molecule has 0 radical (unpaired) electrons. The van der Waals surface area contributed by atoms with Crippen LogP contribution in [-0.4, -0.2) is 45.2 Å². The summed E-state index contributed by atoms with van der Waals surface area (Å²) >= 11 is 0. The molecule has 2 rings (SSSR count). The van der Waals surface area contributed by atoms with Gasteiger partial charge < -0.3 is 20.7 Å². The SMILES string of the molecule is C#Cc1cccc(NC(=O)CN=C(NCC)NCC2(CCOC)CCCC2)c1.I. The molecule has 6 nitrogen and oxygen atoms in total. The molecular weight excluding hydrogens is 479 g/mol. The number of nitrogens with one attached hydrogen (secondary N) is 3. The first-order valence-electron chi connectivity index (χ1n) is 9.98. The molecule has 0 bridgehead atoms. The van der Waals surface area contributed by atoms with Crippen molar-refractivity contribution >= 4 is 41.5 Å². The zero-order valence-corrected chi connectivity index (χ0v) is 19.8. The molecule has 0 aromatic heterocycles. The van der Waals surface area contributed by atoms with E-state index in [9.17, 15) is 4.79 Å². The fourth-order valence-electron chi connectivity index (χ4n) is 3.61. The molecule has 1 amide bonds. The Hall–Kier alpha value is -1.79. The second-order valence-electron chi connectivity index (χ2n) is 7.27. The van der Waals surface area contributed by atoms with Crippen LogP contribution < -0.4 is 16.0 Å². The minimum Gasteiger partial charge on any atom is -0.385 e. The molecule has 29 heavy (non-hydrogen) atoms. The summed E-state index contributed by atoms with van der Waals surface area (Å²) in [6, 6.07) is 7.22. The second-order valence-corrected chi connectivity index (χ2v) is 7.27. The second kappa shape index (κ2) is 13.4. The average Bonchev–Trinajstić information content (AvgIpc) is 3.18. The lowest BCUT2D eigenvalue weighted by Crippen LogP contribution is -2.43. The van der Waals surface area contributed by atoms with Crippen LogP contribution in [0.4, 0.5) is 5.69 Å².